The molecule has 19 heavy (non-hydrogen) atoms. The molecule has 2 rings (SSSR count). The number of likely N-dealkylation sites (tertiary alicyclic amines) is 1. The number of nitrogens with one attached hydrogen (secondary N) is 1. The van der Waals surface area contributed by atoms with E-state index in [2.05, 4.69) is 5.32 Å². The van der Waals surface area contributed by atoms with Crippen molar-refractivity contribution in [1.82, 2.24) is 10.2 Å². The van der Waals surface area contributed by atoms with Gasteiger partial charge in [0.25, 0.3) is 5.92 Å². The maximum Gasteiger partial charge on any atom is 0.411 e. The van der Waals surface area contributed by atoms with Crippen LogP contribution in [-0.4, -0.2) is 47.6 Å². The summed E-state index contributed by atoms with van der Waals surface area (Å²) in [5, 5.41) is 2.52. The number of halogens is 2. The predicted molar refractivity (Wildman–Crippen MR) is 62.8 cm³/mol. The van der Waals surface area contributed by atoms with E-state index in [-0.39, 0.29) is 13.0 Å². The molecule has 0 bridgehead atoms. The number of amides is 2. The van der Waals surface area contributed by atoms with Crippen molar-refractivity contribution in [2.24, 2.45) is 5.92 Å². The number of hydrogen-bond donors (Lipinski definition) is 1. The molecular weight excluding hydrogens is 258 g/mol. The molecule has 2 atom stereocenters. The van der Waals surface area contributed by atoms with Gasteiger partial charge in [-0.1, -0.05) is 0 Å². The monoisotopic (exact) mass is 276 g/mol. The quantitative estimate of drug-likeness (QED) is 0.727. The third-order valence-corrected chi connectivity index (χ3v) is 3.29. The Hall–Kier alpha value is -1.40. The van der Waals surface area contributed by atoms with Gasteiger partial charge in [0.2, 0.25) is 5.91 Å². The van der Waals surface area contributed by atoms with E-state index >= 15 is 0 Å². The molecule has 2 aliphatic rings. The normalized spacial score (nSPS) is 29.7. The van der Waals surface area contributed by atoms with E-state index in [1.54, 1.807) is 20.8 Å². The van der Waals surface area contributed by atoms with Crippen molar-refractivity contribution in [3.8, 4) is 0 Å². The first-order valence-corrected chi connectivity index (χ1v) is 6.27. The molecule has 0 saturated carbocycles. The molecule has 0 radical (unpaired) electrons. The van der Waals surface area contributed by atoms with Gasteiger partial charge in [0.15, 0.2) is 0 Å². The van der Waals surface area contributed by atoms with E-state index in [1.807, 2.05) is 0 Å². The molecule has 2 heterocycles. The molecule has 2 aliphatic heterocycles. The highest BCUT2D eigenvalue weighted by Gasteiger charge is 2.60. The first kappa shape index (κ1) is 14.0. The molecular formula is C12H18F2N2O3. The van der Waals surface area contributed by atoms with Crippen LogP contribution in [0.25, 0.3) is 0 Å². The number of fused-ring (bicyclic) bond motifs is 1. The summed E-state index contributed by atoms with van der Waals surface area (Å²) in [6.45, 7) is 4.41. The van der Waals surface area contributed by atoms with Gasteiger partial charge in [-0.2, -0.15) is 0 Å². The lowest BCUT2D eigenvalue weighted by Gasteiger charge is -2.31. The van der Waals surface area contributed by atoms with Crippen LogP contribution in [0.1, 0.15) is 27.2 Å². The fourth-order valence-electron chi connectivity index (χ4n) is 2.54. The second-order valence-electron chi connectivity index (χ2n) is 6.00. The van der Waals surface area contributed by atoms with Crippen molar-refractivity contribution in [1.29, 1.82) is 0 Å². The Morgan fingerprint density at radius 3 is 2.68 bits per heavy atom. The highest BCUT2D eigenvalue weighted by molar-refractivity contribution is 5.87. The summed E-state index contributed by atoms with van der Waals surface area (Å²) in [5.41, 5.74) is -0.782. The molecule has 2 saturated heterocycles. The van der Waals surface area contributed by atoms with Crippen molar-refractivity contribution < 1.29 is 23.1 Å². The zero-order valence-electron chi connectivity index (χ0n) is 11.2. The number of rotatable bonds is 0. The Balaban J connectivity index is 2.21. The summed E-state index contributed by atoms with van der Waals surface area (Å²) in [4.78, 5) is 24.5. The van der Waals surface area contributed by atoms with Gasteiger partial charge in [0, 0.05) is 6.54 Å². The largest absolute Gasteiger partial charge is 0.444 e. The number of carbonyl (C=O) groups is 2. The Kier molecular flexibility index (Phi) is 3.18. The molecule has 0 aliphatic carbocycles. The average molecular weight is 276 g/mol. The molecule has 0 spiro atoms. The first-order valence-electron chi connectivity index (χ1n) is 6.27. The lowest BCUT2D eigenvalue weighted by atomic mass is 9.90. The molecule has 5 nitrogen and oxygen atoms in total. The van der Waals surface area contributed by atoms with Crippen molar-refractivity contribution in [2.45, 2.75) is 44.8 Å². The highest BCUT2D eigenvalue weighted by Crippen LogP contribution is 2.41. The second kappa shape index (κ2) is 4.31. The van der Waals surface area contributed by atoms with Crippen LogP contribution >= 0.6 is 0 Å². The summed E-state index contributed by atoms with van der Waals surface area (Å²) >= 11 is 0. The van der Waals surface area contributed by atoms with Crippen LogP contribution in [0.5, 0.6) is 0 Å². The number of ether oxygens (including phenoxy) is 1. The number of hydrogen-bond acceptors (Lipinski definition) is 3. The SMILES string of the molecule is CC(C)(C)OC(=O)N1CC(F)(F)[C@@H]2CCNC(=O)[C@@H]21. The van der Waals surface area contributed by atoms with Crippen molar-refractivity contribution in [2.75, 3.05) is 13.1 Å². The van der Waals surface area contributed by atoms with Gasteiger partial charge in [0.05, 0.1) is 12.5 Å². The lowest BCUT2D eigenvalue weighted by molar-refractivity contribution is -0.130. The number of piperidine rings is 1. The second-order valence-corrected chi connectivity index (χ2v) is 6.00. The van der Waals surface area contributed by atoms with E-state index in [1.165, 1.54) is 0 Å². The van der Waals surface area contributed by atoms with Gasteiger partial charge in [-0.25, -0.2) is 13.6 Å². The van der Waals surface area contributed by atoms with Crippen LogP contribution in [0.4, 0.5) is 13.6 Å². The third kappa shape index (κ3) is 2.64. The summed E-state index contributed by atoms with van der Waals surface area (Å²) in [6.07, 6.45) is -0.695. The van der Waals surface area contributed by atoms with Crippen LogP contribution in [-0.2, 0) is 9.53 Å². The number of alkyl halides is 2. The van der Waals surface area contributed by atoms with Crippen molar-refractivity contribution in [3.63, 3.8) is 0 Å². The van der Waals surface area contributed by atoms with Crippen LogP contribution in [0.15, 0.2) is 0 Å². The van der Waals surface area contributed by atoms with Crippen molar-refractivity contribution in [3.05, 3.63) is 0 Å². The Morgan fingerprint density at radius 1 is 1.47 bits per heavy atom. The van der Waals surface area contributed by atoms with Gasteiger partial charge in [0.1, 0.15) is 11.6 Å². The van der Waals surface area contributed by atoms with E-state index < -0.39 is 42.0 Å². The standard InChI is InChI=1S/C12H18F2N2O3/c1-11(2,3)19-10(18)16-6-12(13,14)7-4-5-15-9(17)8(7)16/h7-8H,4-6H2,1-3H3,(H,15,17)/t7-,8-/m1/s1. The molecule has 0 aromatic carbocycles. The fraction of sp³-hybridized carbons (Fsp3) is 0.833. The van der Waals surface area contributed by atoms with Gasteiger partial charge in [-0.05, 0) is 27.2 Å². The Labute approximate surface area is 110 Å². The molecule has 108 valence electrons. The summed E-state index contributed by atoms with van der Waals surface area (Å²) in [6, 6.07) is -1.13. The van der Waals surface area contributed by atoms with E-state index in [9.17, 15) is 18.4 Å². The first-order chi connectivity index (χ1) is 8.62. The topological polar surface area (TPSA) is 58.6 Å². The van der Waals surface area contributed by atoms with Gasteiger partial charge >= 0.3 is 6.09 Å². The molecule has 0 aromatic rings. The molecule has 0 unspecified atom stereocenters. The lowest BCUT2D eigenvalue weighted by Crippen LogP contribution is -2.53. The van der Waals surface area contributed by atoms with Crippen LogP contribution in [0.2, 0.25) is 0 Å². The predicted octanol–water partition coefficient (Wildman–Crippen LogP) is 1.38. The van der Waals surface area contributed by atoms with Crippen LogP contribution in [0.3, 0.4) is 0 Å². The zero-order chi connectivity index (χ0) is 14.4. The van der Waals surface area contributed by atoms with E-state index in [4.69, 9.17) is 4.74 Å². The number of carbonyl (C=O) groups excluding carboxylic acids is 2. The molecule has 7 heteroatoms. The Morgan fingerprint density at radius 2 is 2.11 bits per heavy atom. The molecule has 2 fully saturated rings. The zero-order valence-corrected chi connectivity index (χ0v) is 11.2. The molecule has 1 N–H and O–H groups in total. The smallest absolute Gasteiger partial charge is 0.411 e. The molecule has 0 aromatic heterocycles. The summed E-state index contributed by atoms with van der Waals surface area (Å²) in [7, 11) is 0. The van der Waals surface area contributed by atoms with Gasteiger partial charge in [-0.15, -0.1) is 0 Å². The average Bonchev–Trinajstić information content (AvgIpc) is 2.50. The van der Waals surface area contributed by atoms with E-state index in [0.717, 1.165) is 4.90 Å². The minimum Gasteiger partial charge on any atom is -0.444 e. The number of nitrogens with zero attached hydrogens (tertiary/aromatic N) is 1. The minimum absolute atomic E-state index is 0.169. The highest BCUT2D eigenvalue weighted by atomic mass is 19.3. The summed E-state index contributed by atoms with van der Waals surface area (Å²) < 4.78 is 32.8. The van der Waals surface area contributed by atoms with Crippen LogP contribution < -0.4 is 5.32 Å². The van der Waals surface area contributed by atoms with Gasteiger partial charge in [-0.3, -0.25) is 9.69 Å². The van der Waals surface area contributed by atoms with E-state index in [0.29, 0.717) is 0 Å². The third-order valence-electron chi connectivity index (χ3n) is 3.29. The summed E-state index contributed by atoms with van der Waals surface area (Å²) in [5.74, 6) is -4.69. The van der Waals surface area contributed by atoms with Crippen molar-refractivity contribution >= 4 is 12.0 Å². The fourth-order valence-corrected chi connectivity index (χ4v) is 2.54. The molecule has 2 amide bonds. The Bertz CT molecular complexity index is 406. The van der Waals surface area contributed by atoms with Crippen LogP contribution in [0, 0.1) is 5.92 Å². The maximum atomic E-state index is 13.9. The van der Waals surface area contributed by atoms with Gasteiger partial charge < -0.3 is 10.1 Å². The minimum atomic E-state index is -3.04. The maximum absolute atomic E-state index is 13.9.